The fourth-order valence-electron chi connectivity index (χ4n) is 2.70. The summed E-state index contributed by atoms with van der Waals surface area (Å²) in [5.41, 5.74) is 10.1. The molecule has 2 N–H and O–H groups in total. The van der Waals surface area contributed by atoms with Crippen LogP contribution in [0.2, 0.25) is 0 Å². The Balaban J connectivity index is 2.00. The number of rotatable bonds is 5. The maximum Gasteiger partial charge on any atom is 0.0399 e. The Morgan fingerprint density at radius 1 is 1.28 bits per heavy atom. The van der Waals surface area contributed by atoms with E-state index in [0.29, 0.717) is 0 Å². The van der Waals surface area contributed by atoms with Crippen LogP contribution >= 0.6 is 0 Å². The lowest BCUT2D eigenvalue weighted by Crippen LogP contribution is -2.21. The van der Waals surface area contributed by atoms with Gasteiger partial charge in [-0.3, -0.25) is 0 Å². The van der Waals surface area contributed by atoms with E-state index in [9.17, 15) is 0 Å². The van der Waals surface area contributed by atoms with Crippen molar-refractivity contribution < 1.29 is 0 Å². The number of hydrogen-bond acceptors (Lipinski definition) is 2. The average molecular weight is 246 g/mol. The molecule has 0 saturated carbocycles. The van der Waals surface area contributed by atoms with Crippen LogP contribution in [0.5, 0.6) is 0 Å². The second-order valence-corrected chi connectivity index (χ2v) is 5.95. The Bertz CT molecular complexity index is 396. The third-order valence-electron chi connectivity index (χ3n) is 3.83. The lowest BCUT2D eigenvalue weighted by atomic mass is 10.0. The van der Waals surface area contributed by atoms with Gasteiger partial charge in [0.25, 0.3) is 0 Å². The molecule has 0 aliphatic carbocycles. The third kappa shape index (κ3) is 3.05. The van der Waals surface area contributed by atoms with Crippen LogP contribution in [0.1, 0.15) is 50.8 Å². The summed E-state index contributed by atoms with van der Waals surface area (Å²) in [5.74, 6) is 0.813. The Morgan fingerprint density at radius 3 is 2.72 bits per heavy atom. The summed E-state index contributed by atoms with van der Waals surface area (Å²) in [5, 5.41) is 0. The van der Waals surface area contributed by atoms with Crippen LogP contribution in [0.15, 0.2) is 18.2 Å². The first-order valence-corrected chi connectivity index (χ1v) is 7.21. The summed E-state index contributed by atoms with van der Waals surface area (Å²) < 4.78 is 0. The molecule has 1 aromatic carbocycles. The SMILES string of the molecule is CC(C)CCCN1CCc2cc(C(C)N)ccc21. The van der Waals surface area contributed by atoms with Crippen LogP contribution in [0, 0.1) is 5.92 Å². The molecule has 1 unspecified atom stereocenters. The molecule has 1 aliphatic heterocycles. The molecule has 2 heteroatoms. The summed E-state index contributed by atoms with van der Waals surface area (Å²) in [6.07, 6.45) is 3.80. The smallest absolute Gasteiger partial charge is 0.0399 e. The molecule has 0 fully saturated rings. The predicted octanol–water partition coefficient (Wildman–Crippen LogP) is 3.51. The van der Waals surface area contributed by atoms with Crippen molar-refractivity contribution >= 4 is 5.69 Å². The molecule has 2 rings (SSSR count). The number of anilines is 1. The van der Waals surface area contributed by atoms with Gasteiger partial charge in [0.2, 0.25) is 0 Å². The van der Waals surface area contributed by atoms with Gasteiger partial charge in [0.1, 0.15) is 0 Å². The second kappa shape index (κ2) is 5.75. The molecule has 1 aliphatic rings. The molecule has 0 radical (unpaired) electrons. The number of fused-ring (bicyclic) bond motifs is 1. The zero-order valence-corrected chi connectivity index (χ0v) is 11.9. The van der Waals surface area contributed by atoms with Gasteiger partial charge in [0.05, 0.1) is 0 Å². The molecule has 0 bridgehead atoms. The molecule has 100 valence electrons. The molecule has 1 aromatic rings. The third-order valence-corrected chi connectivity index (χ3v) is 3.83. The molecule has 0 spiro atoms. The largest absolute Gasteiger partial charge is 0.371 e. The van der Waals surface area contributed by atoms with E-state index in [1.165, 1.54) is 49.2 Å². The highest BCUT2D eigenvalue weighted by Crippen LogP contribution is 2.30. The van der Waals surface area contributed by atoms with Crippen molar-refractivity contribution in [2.24, 2.45) is 11.7 Å². The summed E-state index contributed by atoms with van der Waals surface area (Å²) in [6.45, 7) is 9.02. The first kappa shape index (κ1) is 13.4. The van der Waals surface area contributed by atoms with E-state index >= 15 is 0 Å². The number of nitrogens with zero attached hydrogens (tertiary/aromatic N) is 1. The van der Waals surface area contributed by atoms with E-state index in [4.69, 9.17) is 5.73 Å². The fraction of sp³-hybridized carbons (Fsp3) is 0.625. The quantitative estimate of drug-likeness (QED) is 0.861. The molecule has 0 aromatic heterocycles. The van der Waals surface area contributed by atoms with Gasteiger partial charge in [-0.15, -0.1) is 0 Å². The number of nitrogens with two attached hydrogens (primary N) is 1. The standard InChI is InChI=1S/C16H26N2/c1-12(2)5-4-9-18-10-8-15-11-14(13(3)17)6-7-16(15)18/h6-7,11-13H,4-5,8-10,17H2,1-3H3. The van der Waals surface area contributed by atoms with Crippen molar-refractivity contribution in [1.82, 2.24) is 0 Å². The van der Waals surface area contributed by atoms with Crippen LogP contribution in [-0.2, 0) is 6.42 Å². The summed E-state index contributed by atoms with van der Waals surface area (Å²) in [7, 11) is 0. The molecule has 0 amide bonds. The zero-order chi connectivity index (χ0) is 13.1. The minimum atomic E-state index is 0.144. The van der Waals surface area contributed by atoms with E-state index in [1.54, 1.807) is 0 Å². The van der Waals surface area contributed by atoms with Crippen molar-refractivity contribution in [1.29, 1.82) is 0 Å². The van der Waals surface area contributed by atoms with Gasteiger partial charge < -0.3 is 10.6 Å². The molecule has 0 saturated heterocycles. The van der Waals surface area contributed by atoms with Gasteiger partial charge in [-0.1, -0.05) is 26.0 Å². The monoisotopic (exact) mass is 246 g/mol. The summed E-state index contributed by atoms with van der Waals surface area (Å²) >= 11 is 0. The first-order chi connectivity index (χ1) is 8.58. The Morgan fingerprint density at radius 2 is 2.06 bits per heavy atom. The normalized spacial score (nSPS) is 16.2. The van der Waals surface area contributed by atoms with E-state index in [2.05, 4.69) is 43.9 Å². The maximum atomic E-state index is 5.94. The van der Waals surface area contributed by atoms with Crippen molar-refractivity contribution in [3.8, 4) is 0 Å². The topological polar surface area (TPSA) is 29.3 Å². The Kier molecular flexibility index (Phi) is 4.28. The summed E-state index contributed by atoms with van der Waals surface area (Å²) in [4.78, 5) is 2.53. The van der Waals surface area contributed by atoms with Gasteiger partial charge in [-0.25, -0.2) is 0 Å². The van der Waals surface area contributed by atoms with Crippen LogP contribution in [0.3, 0.4) is 0 Å². The highest BCUT2D eigenvalue weighted by atomic mass is 15.1. The van der Waals surface area contributed by atoms with E-state index < -0.39 is 0 Å². The molecule has 2 nitrogen and oxygen atoms in total. The van der Waals surface area contributed by atoms with Gasteiger partial charge in [0, 0.05) is 24.8 Å². The fourth-order valence-corrected chi connectivity index (χ4v) is 2.70. The number of benzene rings is 1. The average Bonchev–Trinajstić information content (AvgIpc) is 2.71. The van der Waals surface area contributed by atoms with Crippen molar-refractivity contribution in [2.75, 3.05) is 18.0 Å². The second-order valence-electron chi connectivity index (χ2n) is 5.95. The first-order valence-electron chi connectivity index (χ1n) is 7.21. The van der Waals surface area contributed by atoms with Crippen LogP contribution in [0.25, 0.3) is 0 Å². The molecule has 1 atom stereocenters. The predicted molar refractivity (Wildman–Crippen MR) is 79.0 cm³/mol. The maximum absolute atomic E-state index is 5.94. The minimum absolute atomic E-state index is 0.144. The van der Waals surface area contributed by atoms with Crippen molar-refractivity contribution in [3.05, 3.63) is 29.3 Å². The van der Waals surface area contributed by atoms with E-state index in [-0.39, 0.29) is 6.04 Å². The molecular formula is C16H26N2. The van der Waals surface area contributed by atoms with Crippen LogP contribution in [0.4, 0.5) is 5.69 Å². The zero-order valence-electron chi connectivity index (χ0n) is 11.9. The molecule has 1 heterocycles. The van der Waals surface area contributed by atoms with E-state index in [1.807, 2.05) is 0 Å². The Labute approximate surface area is 111 Å². The van der Waals surface area contributed by atoms with Gasteiger partial charge in [-0.05, 0) is 49.3 Å². The van der Waals surface area contributed by atoms with Gasteiger partial charge in [-0.2, -0.15) is 0 Å². The van der Waals surface area contributed by atoms with Gasteiger partial charge in [0.15, 0.2) is 0 Å². The van der Waals surface area contributed by atoms with Gasteiger partial charge >= 0.3 is 0 Å². The Hall–Kier alpha value is -1.02. The van der Waals surface area contributed by atoms with E-state index in [0.717, 1.165) is 5.92 Å². The lowest BCUT2D eigenvalue weighted by Gasteiger charge is -2.20. The minimum Gasteiger partial charge on any atom is -0.371 e. The highest BCUT2D eigenvalue weighted by molar-refractivity contribution is 5.59. The number of hydrogen-bond donors (Lipinski definition) is 1. The molecule has 18 heavy (non-hydrogen) atoms. The van der Waals surface area contributed by atoms with Crippen molar-refractivity contribution in [3.63, 3.8) is 0 Å². The highest BCUT2D eigenvalue weighted by Gasteiger charge is 2.19. The van der Waals surface area contributed by atoms with Crippen LogP contribution < -0.4 is 10.6 Å². The van der Waals surface area contributed by atoms with Crippen molar-refractivity contribution in [2.45, 2.75) is 46.1 Å². The molecular weight excluding hydrogens is 220 g/mol. The lowest BCUT2D eigenvalue weighted by molar-refractivity contribution is 0.552. The summed E-state index contributed by atoms with van der Waals surface area (Å²) in [6, 6.07) is 6.88. The van der Waals surface area contributed by atoms with Crippen LogP contribution in [-0.4, -0.2) is 13.1 Å².